The van der Waals surface area contributed by atoms with Crippen LogP contribution >= 0.6 is 0 Å². The number of carbonyl (C=O) groups is 2. The summed E-state index contributed by atoms with van der Waals surface area (Å²) in [5.74, 6) is 0.0625. The van der Waals surface area contributed by atoms with Gasteiger partial charge in [0.15, 0.2) is 0 Å². The quantitative estimate of drug-likeness (QED) is 0.795. The molecular weight excluding hydrogens is 216 g/mol. The van der Waals surface area contributed by atoms with E-state index in [1.807, 2.05) is 20.8 Å². The van der Waals surface area contributed by atoms with Gasteiger partial charge in [-0.25, -0.2) is 0 Å². The van der Waals surface area contributed by atoms with E-state index in [2.05, 4.69) is 12.2 Å². The maximum absolute atomic E-state index is 12.3. The fourth-order valence-electron chi connectivity index (χ4n) is 2.23. The zero-order valence-electron chi connectivity index (χ0n) is 11.4. The summed E-state index contributed by atoms with van der Waals surface area (Å²) in [4.78, 5) is 26.2. The number of carbonyl (C=O) groups excluding carboxylic acids is 2. The maximum atomic E-state index is 12.3. The van der Waals surface area contributed by atoms with Crippen LogP contribution in [0.3, 0.4) is 0 Å². The van der Waals surface area contributed by atoms with Crippen LogP contribution in [0.25, 0.3) is 0 Å². The first-order valence-electron chi connectivity index (χ1n) is 6.63. The summed E-state index contributed by atoms with van der Waals surface area (Å²) in [5.41, 5.74) is -0.669. The van der Waals surface area contributed by atoms with Crippen molar-refractivity contribution in [2.45, 2.75) is 65.0 Å². The Morgan fingerprint density at radius 1 is 1.29 bits per heavy atom. The third-order valence-corrected chi connectivity index (χ3v) is 3.79. The van der Waals surface area contributed by atoms with Crippen LogP contribution in [0, 0.1) is 0 Å². The van der Waals surface area contributed by atoms with Crippen molar-refractivity contribution in [3.05, 3.63) is 0 Å². The average Bonchev–Trinajstić information content (AvgIpc) is 2.33. The molecular formula is C13H24N2O2. The van der Waals surface area contributed by atoms with Crippen molar-refractivity contribution >= 4 is 11.8 Å². The van der Waals surface area contributed by atoms with Crippen molar-refractivity contribution in [2.24, 2.45) is 0 Å². The van der Waals surface area contributed by atoms with E-state index in [4.69, 9.17) is 0 Å². The molecule has 1 saturated heterocycles. The fourth-order valence-corrected chi connectivity index (χ4v) is 2.23. The van der Waals surface area contributed by atoms with Crippen LogP contribution in [0.5, 0.6) is 0 Å². The Bertz CT molecular complexity index is 304. The minimum atomic E-state index is -0.669. The molecule has 0 aromatic carbocycles. The Morgan fingerprint density at radius 3 is 2.41 bits per heavy atom. The molecule has 2 amide bonds. The minimum absolute atomic E-state index is 0.0115. The molecule has 1 heterocycles. The summed E-state index contributed by atoms with van der Waals surface area (Å²) >= 11 is 0. The molecule has 1 aliphatic rings. The molecule has 0 bridgehead atoms. The summed E-state index contributed by atoms with van der Waals surface area (Å²) in [7, 11) is 0. The van der Waals surface area contributed by atoms with Gasteiger partial charge in [-0.3, -0.25) is 9.59 Å². The van der Waals surface area contributed by atoms with Crippen LogP contribution in [0.15, 0.2) is 0 Å². The van der Waals surface area contributed by atoms with E-state index in [0.717, 1.165) is 12.8 Å². The van der Waals surface area contributed by atoms with Crippen LogP contribution in [0.1, 0.15) is 53.4 Å². The smallest absolute Gasteiger partial charge is 0.246 e. The molecule has 1 N–H and O–H groups in total. The van der Waals surface area contributed by atoms with E-state index < -0.39 is 5.54 Å². The van der Waals surface area contributed by atoms with Gasteiger partial charge in [-0.2, -0.15) is 0 Å². The fraction of sp³-hybridized carbons (Fsp3) is 0.846. The number of amides is 2. The van der Waals surface area contributed by atoms with Crippen LogP contribution in [-0.2, 0) is 9.59 Å². The van der Waals surface area contributed by atoms with E-state index in [1.165, 1.54) is 0 Å². The first-order valence-corrected chi connectivity index (χ1v) is 6.63. The van der Waals surface area contributed by atoms with Gasteiger partial charge in [0.25, 0.3) is 0 Å². The third kappa shape index (κ3) is 2.45. The van der Waals surface area contributed by atoms with Crippen molar-refractivity contribution in [1.82, 2.24) is 10.2 Å². The molecule has 2 atom stereocenters. The zero-order chi connectivity index (χ0) is 13.1. The predicted molar refractivity (Wildman–Crippen MR) is 67.5 cm³/mol. The second-order valence-electron chi connectivity index (χ2n) is 4.91. The van der Waals surface area contributed by atoms with Gasteiger partial charge in [0, 0.05) is 6.54 Å². The zero-order valence-corrected chi connectivity index (χ0v) is 11.4. The molecule has 4 heteroatoms. The Balaban J connectivity index is 2.96. The Morgan fingerprint density at radius 2 is 1.94 bits per heavy atom. The second kappa shape index (κ2) is 5.52. The van der Waals surface area contributed by atoms with Gasteiger partial charge in [0.1, 0.15) is 11.6 Å². The number of unbranched alkanes of at least 4 members (excludes halogenated alkanes) is 1. The van der Waals surface area contributed by atoms with Gasteiger partial charge in [0.05, 0.1) is 0 Å². The average molecular weight is 240 g/mol. The van der Waals surface area contributed by atoms with Crippen molar-refractivity contribution in [1.29, 1.82) is 0 Å². The molecule has 0 radical (unpaired) electrons. The van der Waals surface area contributed by atoms with E-state index in [9.17, 15) is 9.59 Å². The van der Waals surface area contributed by atoms with Gasteiger partial charge >= 0.3 is 0 Å². The number of rotatable bonds is 5. The Kier molecular flexibility index (Phi) is 4.54. The van der Waals surface area contributed by atoms with E-state index >= 15 is 0 Å². The number of nitrogens with zero attached hydrogens (tertiary/aromatic N) is 1. The summed E-state index contributed by atoms with van der Waals surface area (Å²) in [6.07, 6.45) is 3.30. The van der Waals surface area contributed by atoms with Crippen LogP contribution in [0.4, 0.5) is 0 Å². The van der Waals surface area contributed by atoms with E-state index in [0.29, 0.717) is 19.4 Å². The molecule has 1 aliphatic heterocycles. The normalized spacial score (nSPS) is 29.4. The molecule has 0 aromatic heterocycles. The number of piperazine rings is 1. The van der Waals surface area contributed by atoms with Crippen molar-refractivity contribution in [3.63, 3.8) is 0 Å². The lowest BCUT2D eigenvalue weighted by molar-refractivity contribution is -0.156. The van der Waals surface area contributed by atoms with Gasteiger partial charge in [-0.05, 0) is 26.2 Å². The molecule has 1 fully saturated rings. The standard InChI is InChI=1S/C13H24N2O2/c1-5-8-9-15-11(16)10(6-2)14-12(17)13(15,4)7-3/h10H,5-9H2,1-4H3,(H,14,17). The lowest BCUT2D eigenvalue weighted by atomic mass is 9.89. The largest absolute Gasteiger partial charge is 0.342 e. The molecule has 0 aliphatic carbocycles. The molecule has 4 nitrogen and oxygen atoms in total. The molecule has 2 unspecified atom stereocenters. The molecule has 0 aromatic rings. The Hall–Kier alpha value is -1.06. The first-order chi connectivity index (χ1) is 8.01. The summed E-state index contributed by atoms with van der Waals surface area (Å²) in [5, 5.41) is 2.83. The van der Waals surface area contributed by atoms with Gasteiger partial charge in [-0.1, -0.05) is 27.2 Å². The van der Waals surface area contributed by atoms with E-state index in [1.54, 1.807) is 4.90 Å². The SMILES string of the molecule is CCCCN1C(=O)C(CC)NC(=O)C1(C)CC. The molecule has 98 valence electrons. The molecule has 17 heavy (non-hydrogen) atoms. The third-order valence-electron chi connectivity index (χ3n) is 3.79. The number of nitrogens with one attached hydrogen (secondary N) is 1. The van der Waals surface area contributed by atoms with Gasteiger partial charge in [-0.15, -0.1) is 0 Å². The van der Waals surface area contributed by atoms with Crippen molar-refractivity contribution in [2.75, 3.05) is 6.54 Å². The second-order valence-corrected chi connectivity index (χ2v) is 4.91. The highest BCUT2D eigenvalue weighted by molar-refractivity contribution is 5.99. The lowest BCUT2D eigenvalue weighted by Crippen LogP contribution is -2.69. The summed E-state index contributed by atoms with van der Waals surface area (Å²) < 4.78 is 0. The van der Waals surface area contributed by atoms with Crippen LogP contribution < -0.4 is 5.32 Å². The highest BCUT2D eigenvalue weighted by Crippen LogP contribution is 2.26. The maximum Gasteiger partial charge on any atom is 0.246 e. The molecule has 1 rings (SSSR count). The number of hydrogen-bond donors (Lipinski definition) is 1. The predicted octanol–water partition coefficient (Wildman–Crippen LogP) is 1.69. The monoisotopic (exact) mass is 240 g/mol. The van der Waals surface area contributed by atoms with Crippen LogP contribution in [0.2, 0.25) is 0 Å². The minimum Gasteiger partial charge on any atom is -0.342 e. The van der Waals surface area contributed by atoms with Crippen molar-refractivity contribution in [3.8, 4) is 0 Å². The summed E-state index contributed by atoms with van der Waals surface area (Å²) in [6, 6.07) is -0.334. The van der Waals surface area contributed by atoms with Crippen LogP contribution in [-0.4, -0.2) is 34.8 Å². The first kappa shape index (κ1) is 14.0. The highest BCUT2D eigenvalue weighted by atomic mass is 16.2. The van der Waals surface area contributed by atoms with Crippen molar-refractivity contribution < 1.29 is 9.59 Å². The van der Waals surface area contributed by atoms with Gasteiger partial charge < -0.3 is 10.2 Å². The topological polar surface area (TPSA) is 49.4 Å². The van der Waals surface area contributed by atoms with Gasteiger partial charge in [0.2, 0.25) is 11.8 Å². The lowest BCUT2D eigenvalue weighted by Gasteiger charge is -2.46. The highest BCUT2D eigenvalue weighted by Gasteiger charge is 2.47. The molecule has 0 spiro atoms. The molecule has 0 saturated carbocycles. The number of hydrogen-bond acceptors (Lipinski definition) is 2. The summed E-state index contributed by atoms with van der Waals surface area (Å²) in [6.45, 7) is 8.52. The Labute approximate surface area is 104 Å². The van der Waals surface area contributed by atoms with E-state index in [-0.39, 0.29) is 17.9 Å².